The molecule has 0 aromatic carbocycles. The average molecular weight is 208 g/mol. The first-order valence-corrected chi connectivity index (χ1v) is 7.09. The Morgan fingerprint density at radius 2 is 1.27 bits per heavy atom. The molecule has 4 rings (SSSR count). The van der Waals surface area contributed by atoms with Gasteiger partial charge in [0.25, 0.3) is 0 Å². The van der Waals surface area contributed by atoms with Crippen molar-refractivity contribution in [2.45, 2.75) is 54.9 Å². The molecule has 4 aliphatic carbocycles. The highest BCUT2D eigenvalue weighted by molar-refractivity contribution is 5.48. The zero-order chi connectivity index (χ0) is 11.6. The molecule has 0 aromatic rings. The Kier molecular flexibility index (Phi) is 2.31. The minimum atomic E-state index is 0.628. The summed E-state index contributed by atoms with van der Waals surface area (Å²) in [5.74, 6) is 6.05. The van der Waals surface area contributed by atoms with Crippen LogP contribution in [0.1, 0.15) is 54.9 Å². The summed E-state index contributed by atoms with van der Waals surface area (Å²) in [4.78, 5) is 0. The van der Waals surface area contributed by atoms with Gasteiger partial charge in [-0.05, 0) is 46.8 Å². The first-order valence-electron chi connectivity index (χ1n) is 7.09. The summed E-state index contributed by atoms with van der Waals surface area (Å²) >= 11 is 0. The zero-order valence-electron chi connectivity index (χ0n) is 11.6. The molecule has 4 fully saturated rings. The maximum atomic E-state index is 2.44. The molecule has 4 saturated carbocycles. The lowest BCUT2D eigenvalue weighted by atomic mass is 9.68. The van der Waals surface area contributed by atoms with Crippen molar-refractivity contribution in [2.75, 3.05) is 0 Å². The lowest BCUT2D eigenvalue weighted by molar-refractivity contribution is 0.109. The van der Waals surface area contributed by atoms with Gasteiger partial charge in [0.2, 0.25) is 0 Å². The van der Waals surface area contributed by atoms with E-state index in [-0.39, 0.29) is 0 Å². The fraction of sp³-hybridized carbons (Fsp3) is 1.00. The summed E-state index contributed by atoms with van der Waals surface area (Å²) in [6, 6.07) is 0. The Balaban J connectivity index is 0.000000195. The minimum absolute atomic E-state index is 0.628. The second-order valence-corrected chi connectivity index (χ2v) is 6.39. The fourth-order valence-electron chi connectivity index (χ4n) is 5.18. The molecule has 0 bridgehead atoms. The monoisotopic (exact) mass is 208 g/mol. The average Bonchev–Trinajstić information content (AvgIpc) is 2.81. The van der Waals surface area contributed by atoms with E-state index >= 15 is 0 Å². The summed E-state index contributed by atoms with van der Waals surface area (Å²) in [7, 11) is 0. The molecule has 2 unspecified atom stereocenters. The largest absolute Gasteiger partial charge is 0.0683 e. The van der Waals surface area contributed by atoms with E-state index in [0.29, 0.717) is 5.41 Å². The van der Waals surface area contributed by atoms with E-state index in [1.165, 1.54) is 23.7 Å². The van der Waals surface area contributed by atoms with Crippen LogP contribution in [0.4, 0.5) is 0 Å². The van der Waals surface area contributed by atoms with Crippen LogP contribution < -0.4 is 0 Å². The number of hydrogen-bond acceptors (Lipinski definition) is 0. The van der Waals surface area contributed by atoms with Crippen LogP contribution in [-0.4, -0.2) is 0 Å². The van der Waals surface area contributed by atoms with E-state index < -0.39 is 0 Å². The number of fused-ring (bicyclic) bond motifs is 2. The molecule has 0 radical (unpaired) electrons. The predicted molar refractivity (Wildman–Crippen MR) is 66.7 cm³/mol. The van der Waals surface area contributed by atoms with Crippen LogP contribution in [0.3, 0.4) is 0 Å². The van der Waals surface area contributed by atoms with E-state index in [1.807, 2.05) is 27.7 Å². The molecule has 0 aromatic heterocycles. The van der Waals surface area contributed by atoms with Crippen molar-refractivity contribution < 1.29 is 0 Å². The molecule has 0 aliphatic heterocycles. The summed E-state index contributed by atoms with van der Waals surface area (Å²) < 4.78 is 0. The summed E-state index contributed by atoms with van der Waals surface area (Å²) in [6.45, 7) is 15.3. The Hall–Kier alpha value is 0. The van der Waals surface area contributed by atoms with Gasteiger partial charge in [-0.2, -0.15) is 0 Å². The first-order chi connectivity index (χ1) is 7.09. The Morgan fingerprint density at radius 1 is 0.867 bits per heavy atom. The molecule has 0 nitrogen and oxygen atoms in total. The molecule has 0 N–H and O–H groups in total. The standard InChI is InChI=1S/C11H16.2C2H6/c1-10(2,3)9-7-5-4-6-8(9)11(5,6)7;2*1-2/h5-9H,4H2,1-3H3;2*1-2H3/t5-,6+,7-,8+,9?,11?;;. The maximum Gasteiger partial charge on any atom is -0.0167 e. The molecule has 6 atom stereocenters. The van der Waals surface area contributed by atoms with E-state index in [0.717, 1.165) is 11.3 Å². The SMILES string of the molecule is CC.CC.CC(C)(C)C1[C@@H]2[C@@H]3C[C@@H]4[C@H]1C423. The van der Waals surface area contributed by atoms with Crippen molar-refractivity contribution in [3.05, 3.63) is 0 Å². The topological polar surface area (TPSA) is 0 Å². The van der Waals surface area contributed by atoms with Crippen LogP contribution in [0.25, 0.3) is 0 Å². The van der Waals surface area contributed by atoms with Gasteiger partial charge < -0.3 is 0 Å². The van der Waals surface area contributed by atoms with Gasteiger partial charge in [0.1, 0.15) is 0 Å². The fourth-order valence-corrected chi connectivity index (χ4v) is 5.18. The molecule has 0 heterocycles. The summed E-state index contributed by atoms with van der Waals surface area (Å²) in [5, 5.41) is 0. The van der Waals surface area contributed by atoms with Crippen molar-refractivity contribution in [3.8, 4) is 0 Å². The molecular formula is C15H28. The van der Waals surface area contributed by atoms with E-state index in [9.17, 15) is 0 Å². The lowest BCUT2D eigenvalue weighted by Crippen LogP contribution is -2.31. The third kappa shape index (κ3) is 0.953. The van der Waals surface area contributed by atoms with Crippen LogP contribution in [0, 0.1) is 40.4 Å². The van der Waals surface area contributed by atoms with E-state index in [1.54, 1.807) is 6.42 Å². The van der Waals surface area contributed by atoms with Gasteiger partial charge >= 0.3 is 0 Å². The third-order valence-corrected chi connectivity index (χ3v) is 5.37. The van der Waals surface area contributed by atoms with Gasteiger partial charge in [-0.15, -0.1) is 0 Å². The third-order valence-electron chi connectivity index (χ3n) is 5.37. The van der Waals surface area contributed by atoms with Crippen LogP contribution in [0.15, 0.2) is 0 Å². The van der Waals surface area contributed by atoms with Gasteiger partial charge in [-0.1, -0.05) is 48.5 Å². The van der Waals surface area contributed by atoms with Crippen molar-refractivity contribution in [3.63, 3.8) is 0 Å². The minimum Gasteiger partial charge on any atom is -0.0683 e. The Bertz CT molecular complexity index is 238. The van der Waals surface area contributed by atoms with Crippen molar-refractivity contribution in [1.82, 2.24) is 0 Å². The van der Waals surface area contributed by atoms with Gasteiger partial charge in [-0.3, -0.25) is 0 Å². The molecular weight excluding hydrogens is 180 g/mol. The zero-order valence-corrected chi connectivity index (χ0v) is 11.6. The molecule has 1 spiro atoms. The van der Waals surface area contributed by atoms with Gasteiger partial charge in [-0.25, -0.2) is 0 Å². The normalized spacial score (nSPS) is 55.0. The van der Waals surface area contributed by atoms with Gasteiger partial charge in [0.15, 0.2) is 0 Å². The lowest BCUT2D eigenvalue weighted by Gasteiger charge is -2.37. The van der Waals surface area contributed by atoms with Crippen LogP contribution in [0.5, 0.6) is 0 Å². The maximum absolute atomic E-state index is 2.44. The van der Waals surface area contributed by atoms with Gasteiger partial charge in [0.05, 0.1) is 0 Å². The van der Waals surface area contributed by atoms with Crippen molar-refractivity contribution in [2.24, 2.45) is 40.4 Å². The summed E-state index contributed by atoms with van der Waals surface area (Å²) in [6.07, 6.45) is 1.63. The van der Waals surface area contributed by atoms with E-state index in [2.05, 4.69) is 20.8 Å². The Morgan fingerprint density at radius 3 is 1.40 bits per heavy atom. The van der Waals surface area contributed by atoms with Crippen molar-refractivity contribution >= 4 is 0 Å². The summed E-state index contributed by atoms with van der Waals surface area (Å²) in [5.41, 5.74) is 1.67. The quantitative estimate of drug-likeness (QED) is 0.546. The van der Waals surface area contributed by atoms with Crippen LogP contribution in [-0.2, 0) is 0 Å². The first kappa shape index (κ1) is 11.5. The Labute approximate surface area is 95.8 Å². The molecule has 0 heteroatoms. The molecule has 15 heavy (non-hydrogen) atoms. The predicted octanol–water partition coefficient (Wildman–Crippen LogP) is 4.60. The number of hydrogen-bond donors (Lipinski definition) is 0. The second kappa shape index (κ2) is 3.02. The second-order valence-electron chi connectivity index (χ2n) is 6.39. The van der Waals surface area contributed by atoms with Crippen LogP contribution >= 0.6 is 0 Å². The van der Waals surface area contributed by atoms with Crippen LogP contribution in [0.2, 0.25) is 0 Å². The highest BCUT2D eigenvalue weighted by atomic mass is 15.1. The van der Waals surface area contributed by atoms with E-state index in [4.69, 9.17) is 0 Å². The highest BCUT2D eigenvalue weighted by Crippen LogP contribution is 3.05. The van der Waals surface area contributed by atoms with Gasteiger partial charge in [0, 0.05) is 0 Å². The molecule has 88 valence electrons. The molecule has 0 saturated heterocycles. The smallest absolute Gasteiger partial charge is 0.0167 e. The number of rotatable bonds is 0. The van der Waals surface area contributed by atoms with Crippen molar-refractivity contribution in [1.29, 1.82) is 0 Å². The highest BCUT2D eigenvalue weighted by Gasteiger charge is 3.02. The molecule has 4 aliphatic rings. The molecule has 0 amide bonds.